The summed E-state index contributed by atoms with van der Waals surface area (Å²) in [6.45, 7) is 3.98. The van der Waals surface area contributed by atoms with Gasteiger partial charge in [0.15, 0.2) is 5.11 Å². The van der Waals surface area contributed by atoms with Gasteiger partial charge in [-0.2, -0.15) is 0 Å². The molecule has 0 rings (SSSR count). The van der Waals surface area contributed by atoms with E-state index >= 15 is 0 Å². The van der Waals surface area contributed by atoms with E-state index in [9.17, 15) is 13.0 Å². The van der Waals surface area contributed by atoms with Gasteiger partial charge in [0.2, 0.25) is 0 Å². The molecule has 5 nitrogen and oxygen atoms in total. The van der Waals surface area contributed by atoms with Crippen LogP contribution in [-0.2, 0) is 10.1 Å². The van der Waals surface area contributed by atoms with E-state index in [4.69, 9.17) is 12.2 Å². The van der Waals surface area contributed by atoms with Crippen molar-refractivity contribution in [1.82, 2.24) is 10.6 Å². The van der Waals surface area contributed by atoms with E-state index in [1.165, 1.54) is 0 Å². The average Bonchev–Trinajstić information content (AvgIpc) is 1.98. The summed E-state index contributed by atoms with van der Waals surface area (Å²) in [6.07, 6.45) is 1.61. The standard InChI is InChI=1S/C6H12N2O3S2.Na/c1-2-3-7-6(12)8-4-5-13(9,10)11;/h2H,1,3-5H2,(H2,7,8,12)(H,9,10,11);/q;+1/p-1. The Bertz CT molecular complexity index is 279. The van der Waals surface area contributed by atoms with Crippen LogP contribution in [0.15, 0.2) is 12.7 Å². The van der Waals surface area contributed by atoms with Crippen LogP contribution >= 0.6 is 12.2 Å². The summed E-state index contributed by atoms with van der Waals surface area (Å²) in [5, 5.41) is 5.60. The molecule has 0 fully saturated rings. The maximum absolute atomic E-state index is 10.2. The Morgan fingerprint density at radius 3 is 2.50 bits per heavy atom. The number of hydrogen-bond acceptors (Lipinski definition) is 4. The van der Waals surface area contributed by atoms with Crippen LogP contribution in [0, 0.1) is 0 Å². The fraction of sp³-hybridized carbons (Fsp3) is 0.500. The fourth-order valence-electron chi connectivity index (χ4n) is 0.517. The zero-order valence-electron chi connectivity index (χ0n) is 7.95. The Balaban J connectivity index is 0. The monoisotopic (exact) mass is 246 g/mol. The summed E-state index contributed by atoms with van der Waals surface area (Å²) in [5.74, 6) is -0.469. The Labute approximate surface area is 111 Å². The quantitative estimate of drug-likeness (QED) is 0.224. The van der Waals surface area contributed by atoms with Crippen molar-refractivity contribution < 1.29 is 42.5 Å². The molecule has 0 heterocycles. The van der Waals surface area contributed by atoms with E-state index in [2.05, 4.69) is 17.2 Å². The Morgan fingerprint density at radius 2 is 2.07 bits per heavy atom. The van der Waals surface area contributed by atoms with Gasteiger partial charge in [-0.3, -0.25) is 0 Å². The summed E-state index contributed by atoms with van der Waals surface area (Å²) in [6, 6.07) is 0. The molecule has 0 saturated carbocycles. The van der Waals surface area contributed by atoms with E-state index in [0.29, 0.717) is 11.7 Å². The largest absolute Gasteiger partial charge is 1.00 e. The van der Waals surface area contributed by atoms with Crippen molar-refractivity contribution in [2.75, 3.05) is 18.8 Å². The summed E-state index contributed by atoms with van der Waals surface area (Å²) in [7, 11) is -4.16. The van der Waals surface area contributed by atoms with E-state index in [-0.39, 0.29) is 36.1 Å². The van der Waals surface area contributed by atoms with Crippen molar-refractivity contribution in [2.45, 2.75) is 0 Å². The fourth-order valence-corrected chi connectivity index (χ4v) is 1.05. The molecule has 76 valence electrons. The summed E-state index contributed by atoms with van der Waals surface area (Å²) >= 11 is 4.74. The molecule has 8 heteroatoms. The molecule has 0 saturated heterocycles. The summed E-state index contributed by atoms with van der Waals surface area (Å²) in [5.41, 5.74) is 0. The van der Waals surface area contributed by atoms with Crippen LogP contribution in [0.3, 0.4) is 0 Å². The summed E-state index contributed by atoms with van der Waals surface area (Å²) in [4.78, 5) is 0. The van der Waals surface area contributed by atoms with Crippen molar-refractivity contribution in [3.8, 4) is 0 Å². The maximum Gasteiger partial charge on any atom is 1.00 e. The molecule has 0 amide bonds. The van der Waals surface area contributed by atoms with Gasteiger partial charge in [-0.1, -0.05) is 6.08 Å². The number of nitrogens with one attached hydrogen (secondary N) is 2. The van der Waals surface area contributed by atoms with E-state index in [1.54, 1.807) is 6.08 Å². The van der Waals surface area contributed by atoms with Crippen LogP contribution in [0.2, 0.25) is 0 Å². The van der Waals surface area contributed by atoms with Crippen LogP contribution < -0.4 is 40.2 Å². The molecule has 0 unspecified atom stereocenters. The van der Waals surface area contributed by atoms with Gasteiger partial charge in [0.25, 0.3) is 0 Å². The second-order valence-corrected chi connectivity index (χ2v) is 4.12. The van der Waals surface area contributed by atoms with Crippen molar-refractivity contribution in [3.05, 3.63) is 12.7 Å². The molecule has 0 spiro atoms. The first kappa shape index (κ1) is 16.8. The van der Waals surface area contributed by atoms with Crippen LogP contribution in [-0.4, -0.2) is 36.9 Å². The third-order valence-electron chi connectivity index (χ3n) is 1.04. The third kappa shape index (κ3) is 12.3. The zero-order valence-corrected chi connectivity index (χ0v) is 11.6. The molecule has 0 aromatic carbocycles. The van der Waals surface area contributed by atoms with Crippen molar-refractivity contribution in [2.24, 2.45) is 0 Å². The normalized spacial score (nSPS) is 9.79. The Kier molecular flexibility index (Phi) is 10.3. The zero-order chi connectivity index (χ0) is 10.3. The van der Waals surface area contributed by atoms with Gasteiger partial charge in [0.05, 0.1) is 15.9 Å². The van der Waals surface area contributed by atoms with Crippen LogP contribution in [0.5, 0.6) is 0 Å². The molecule has 0 aliphatic heterocycles. The maximum atomic E-state index is 10.2. The van der Waals surface area contributed by atoms with Crippen LogP contribution in [0.1, 0.15) is 0 Å². The van der Waals surface area contributed by atoms with Crippen molar-refractivity contribution in [3.63, 3.8) is 0 Å². The molecule has 14 heavy (non-hydrogen) atoms. The number of hydrogen-bond donors (Lipinski definition) is 2. The molecular weight excluding hydrogens is 235 g/mol. The SMILES string of the molecule is C=CCNC(=S)NCCS(=O)(=O)[O-].[Na+]. The molecule has 0 aliphatic rings. The average molecular weight is 246 g/mol. The first-order valence-corrected chi connectivity index (χ1v) is 5.50. The molecular formula is C6H11N2NaO3S2. The molecule has 0 aromatic rings. The van der Waals surface area contributed by atoms with E-state index in [0.717, 1.165) is 0 Å². The van der Waals surface area contributed by atoms with Gasteiger partial charge >= 0.3 is 29.6 Å². The van der Waals surface area contributed by atoms with Crippen LogP contribution in [0.25, 0.3) is 0 Å². The topological polar surface area (TPSA) is 81.3 Å². The van der Waals surface area contributed by atoms with Crippen molar-refractivity contribution in [1.29, 1.82) is 0 Å². The molecule has 2 N–H and O–H groups in total. The minimum absolute atomic E-state index is 0. The first-order chi connectivity index (χ1) is 5.95. The molecule has 0 radical (unpaired) electrons. The van der Waals surface area contributed by atoms with Crippen LogP contribution in [0.4, 0.5) is 0 Å². The number of rotatable bonds is 5. The molecule has 0 atom stereocenters. The molecule has 0 bridgehead atoms. The minimum atomic E-state index is -4.16. The van der Waals surface area contributed by atoms with Gasteiger partial charge < -0.3 is 15.2 Å². The summed E-state index contributed by atoms with van der Waals surface area (Å²) < 4.78 is 30.5. The van der Waals surface area contributed by atoms with Gasteiger partial charge in [-0.15, -0.1) is 6.58 Å². The van der Waals surface area contributed by atoms with E-state index < -0.39 is 15.9 Å². The molecule has 0 aromatic heterocycles. The second kappa shape index (κ2) is 8.63. The van der Waals surface area contributed by atoms with Gasteiger partial charge in [-0.25, -0.2) is 8.42 Å². The predicted octanol–water partition coefficient (Wildman–Crippen LogP) is -3.81. The van der Waals surface area contributed by atoms with E-state index in [1.807, 2.05) is 0 Å². The Morgan fingerprint density at radius 1 is 1.50 bits per heavy atom. The van der Waals surface area contributed by atoms with Crippen molar-refractivity contribution >= 4 is 27.4 Å². The first-order valence-electron chi connectivity index (χ1n) is 3.52. The van der Waals surface area contributed by atoms with Gasteiger partial charge in [-0.05, 0) is 12.2 Å². The number of thiocarbonyl (C=S) groups is 1. The Hall–Kier alpha value is 0.340. The minimum Gasteiger partial charge on any atom is -0.748 e. The smallest absolute Gasteiger partial charge is 0.748 e. The van der Waals surface area contributed by atoms with Gasteiger partial charge in [0, 0.05) is 13.1 Å². The second-order valence-electron chi connectivity index (χ2n) is 2.19. The third-order valence-corrected chi connectivity index (χ3v) is 2.04. The predicted molar refractivity (Wildman–Crippen MR) is 53.4 cm³/mol. The molecule has 0 aliphatic carbocycles. The van der Waals surface area contributed by atoms with Gasteiger partial charge in [0.1, 0.15) is 0 Å².